The van der Waals surface area contributed by atoms with Gasteiger partial charge in [-0.15, -0.1) is 0 Å². The van der Waals surface area contributed by atoms with Crippen LogP contribution in [0.15, 0.2) is 18.2 Å². The van der Waals surface area contributed by atoms with E-state index in [2.05, 4.69) is 0 Å². The number of ether oxygens (including phenoxy) is 1. The lowest BCUT2D eigenvalue weighted by Crippen LogP contribution is -2.38. The number of hydrogen-bond donors (Lipinski definition) is 1. The molecular weight excluding hydrogens is 290 g/mol. The molecule has 0 saturated carbocycles. The fourth-order valence-electron chi connectivity index (χ4n) is 2.30. The zero-order chi connectivity index (χ0) is 16.3. The van der Waals surface area contributed by atoms with Crippen LogP contribution in [0.25, 0.3) is 0 Å². The Balaban J connectivity index is 2.09. The van der Waals surface area contributed by atoms with Crippen molar-refractivity contribution >= 4 is 23.3 Å². The third-order valence-corrected chi connectivity index (χ3v) is 3.52. The zero-order valence-electron chi connectivity index (χ0n) is 12.2. The molecular formula is C14H17N3O5. The summed E-state index contributed by atoms with van der Waals surface area (Å²) in [5.41, 5.74) is 5.33. The highest BCUT2D eigenvalue weighted by atomic mass is 16.6. The molecule has 0 spiro atoms. The molecule has 1 aliphatic rings. The number of anilines is 1. The number of esters is 1. The van der Waals surface area contributed by atoms with Crippen LogP contribution in [0.4, 0.5) is 11.4 Å². The summed E-state index contributed by atoms with van der Waals surface area (Å²) in [6.07, 6.45) is 0.915. The summed E-state index contributed by atoms with van der Waals surface area (Å²) in [6.45, 7) is 2.78. The van der Waals surface area contributed by atoms with Gasteiger partial charge in [0.15, 0.2) is 6.10 Å². The molecule has 1 aromatic carbocycles. The number of carbonyl (C=O) groups is 2. The van der Waals surface area contributed by atoms with Crippen LogP contribution >= 0.6 is 0 Å². The molecule has 8 heteroatoms. The van der Waals surface area contributed by atoms with Gasteiger partial charge in [-0.2, -0.15) is 0 Å². The van der Waals surface area contributed by atoms with Crippen LogP contribution in [-0.2, 0) is 9.53 Å². The lowest BCUT2D eigenvalue weighted by atomic mass is 10.1. The van der Waals surface area contributed by atoms with Gasteiger partial charge >= 0.3 is 5.97 Å². The Morgan fingerprint density at radius 1 is 1.36 bits per heavy atom. The van der Waals surface area contributed by atoms with E-state index >= 15 is 0 Å². The summed E-state index contributed by atoms with van der Waals surface area (Å²) >= 11 is 0. The van der Waals surface area contributed by atoms with Gasteiger partial charge in [0, 0.05) is 30.9 Å². The van der Waals surface area contributed by atoms with Gasteiger partial charge in [-0.1, -0.05) is 0 Å². The van der Waals surface area contributed by atoms with E-state index in [1.807, 2.05) is 0 Å². The van der Waals surface area contributed by atoms with E-state index in [0.29, 0.717) is 13.1 Å². The quantitative estimate of drug-likeness (QED) is 0.388. The molecule has 1 atom stereocenters. The minimum atomic E-state index is -0.954. The third kappa shape index (κ3) is 3.33. The number of nitrogen functional groups attached to an aromatic ring is 1. The average Bonchev–Trinajstić information content (AvgIpc) is 3.00. The first-order valence-corrected chi connectivity index (χ1v) is 6.94. The summed E-state index contributed by atoms with van der Waals surface area (Å²) in [4.78, 5) is 35.9. The summed E-state index contributed by atoms with van der Waals surface area (Å²) in [7, 11) is 0. The summed E-state index contributed by atoms with van der Waals surface area (Å²) < 4.78 is 5.09. The highest BCUT2D eigenvalue weighted by Gasteiger charge is 2.27. The number of hydrogen-bond acceptors (Lipinski definition) is 6. The lowest BCUT2D eigenvalue weighted by Gasteiger charge is -2.20. The van der Waals surface area contributed by atoms with Crippen molar-refractivity contribution in [2.45, 2.75) is 25.9 Å². The van der Waals surface area contributed by atoms with Crippen LogP contribution < -0.4 is 5.73 Å². The molecule has 118 valence electrons. The monoisotopic (exact) mass is 307 g/mol. The number of likely N-dealkylation sites (tertiary alicyclic amines) is 1. The number of nitro benzene ring substituents is 1. The molecule has 1 amide bonds. The van der Waals surface area contributed by atoms with Crippen molar-refractivity contribution in [3.8, 4) is 0 Å². The minimum absolute atomic E-state index is 0.0661. The number of benzene rings is 1. The second-order valence-corrected chi connectivity index (χ2v) is 5.11. The molecule has 1 aromatic rings. The van der Waals surface area contributed by atoms with Gasteiger partial charge in [-0.25, -0.2) is 4.79 Å². The Labute approximate surface area is 127 Å². The molecule has 0 aliphatic carbocycles. The van der Waals surface area contributed by atoms with Gasteiger partial charge in [-0.05, 0) is 25.8 Å². The maximum absolute atomic E-state index is 12.1. The first-order valence-electron chi connectivity index (χ1n) is 6.94. The summed E-state index contributed by atoms with van der Waals surface area (Å²) in [5.74, 6) is -1.11. The molecule has 0 unspecified atom stereocenters. The fraction of sp³-hybridized carbons (Fsp3) is 0.429. The Bertz CT molecular complexity index is 610. The molecule has 2 N–H and O–H groups in total. The lowest BCUT2D eigenvalue weighted by molar-refractivity contribution is -0.384. The molecule has 1 saturated heterocycles. The number of non-ortho nitro benzene ring substituents is 1. The van der Waals surface area contributed by atoms with Crippen molar-refractivity contribution in [3.63, 3.8) is 0 Å². The van der Waals surface area contributed by atoms with E-state index in [4.69, 9.17) is 10.5 Å². The molecule has 2 rings (SSSR count). The Morgan fingerprint density at radius 2 is 2.00 bits per heavy atom. The number of carbonyl (C=O) groups excluding carboxylic acids is 2. The molecule has 8 nitrogen and oxygen atoms in total. The van der Waals surface area contributed by atoms with Crippen molar-refractivity contribution < 1.29 is 19.2 Å². The standard InChI is InChI=1S/C14H17N3O5/c1-9(13(18)16-6-2-3-7-16)22-14(19)11-8-10(17(20)21)4-5-12(11)15/h4-5,8-9H,2-3,6-7,15H2,1H3/t9-/m1/s1. The Hall–Kier alpha value is -2.64. The first-order chi connectivity index (χ1) is 10.4. The largest absolute Gasteiger partial charge is 0.449 e. The van der Waals surface area contributed by atoms with Crippen molar-refractivity contribution in [1.29, 1.82) is 0 Å². The summed E-state index contributed by atoms with van der Waals surface area (Å²) in [6, 6.07) is 3.51. The fourth-order valence-corrected chi connectivity index (χ4v) is 2.30. The van der Waals surface area contributed by atoms with Crippen molar-refractivity contribution in [1.82, 2.24) is 4.90 Å². The van der Waals surface area contributed by atoms with E-state index in [1.165, 1.54) is 19.1 Å². The SMILES string of the molecule is C[C@@H](OC(=O)c1cc([N+](=O)[O-])ccc1N)C(=O)N1CCCC1. The third-order valence-electron chi connectivity index (χ3n) is 3.52. The van der Waals surface area contributed by atoms with Gasteiger partial charge < -0.3 is 15.4 Å². The van der Waals surface area contributed by atoms with Crippen LogP contribution in [0.3, 0.4) is 0 Å². The molecule has 1 heterocycles. The Kier molecular flexibility index (Phi) is 4.59. The van der Waals surface area contributed by atoms with E-state index in [1.54, 1.807) is 4.90 Å². The van der Waals surface area contributed by atoms with Crippen LogP contribution in [0, 0.1) is 10.1 Å². The smallest absolute Gasteiger partial charge is 0.341 e. The Morgan fingerprint density at radius 3 is 2.59 bits per heavy atom. The predicted molar refractivity (Wildman–Crippen MR) is 78.2 cm³/mol. The first kappa shape index (κ1) is 15.7. The van der Waals surface area contributed by atoms with Crippen LogP contribution in [0.5, 0.6) is 0 Å². The van der Waals surface area contributed by atoms with Gasteiger partial charge in [-0.3, -0.25) is 14.9 Å². The van der Waals surface area contributed by atoms with Gasteiger partial charge in [0.25, 0.3) is 11.6 Å². The van der Waals surface area contributed by atoms with E-state index in [9.17, 15) is 19.7 Å². The number of nitrogens with zero attached hydrogens (tertiary/aromatic N) is 2. The van der Waals surface area contributed by atoms with E-state index < -0.39 is 17.0 Å². The van der Waals surface area contributed by atoms with Crippen LogP contribution in [-0.4, -0.2) is 40.9 Å². The van der Waals surface area contributed by atoms with Gasteiger partial charge in [0.1, 0.15) is 0 Å². The maximum atomic E-state index is 12.1. The van der Waals surface area contributed by atoms with Crippen LogP contribution in [0.2, 0.25) is 0 Å². The van der Waals surface area contributed by atoms with E-state index in [-0.39, 0.29) is 22.8 Å². The van der Waals surface area contributed by atoms with Crippen molar-refractivity contribution in [2.75, 3.05) is 18.8 Å². The zero-order valence-corrected chi connectivity index (χ0v) is 12.2. The number of rotatable bonds is 4. The number of nitro groups is 1. The summed E-state index contributed by atoms with van der Waals surface area (Å²) in [5, 5.41) is 10.7. The average molecular weight is 307 g/mol. The van der Waals surface area contributed by atoms with Gasteiger partial charge in [0.05, 0.1) is 10.5 Å². The topological polar surface area (TPSA) is 116 Å². The van der Waals surface area contributed by atoms with Gasteiger partial charge in [0.2, 0.25) is 0 Å². The molecule has 1 fully saturated rings. The number of nitrogens with two attached hydrogens (primary N) is 1. The predicted octanol–water partition coefficient (Wildman–Crippen LogP) is 1.34. The van der Waals surface area contributed by atoms with Crippen molar-refractivity contribution in [2.24, 2.45) is 0 Å². The van der Waals surface area contributed by atoms with Crippen molar-refractivity contribution in [3.05, 3.63) is 33.9 Å². The number of amides is 1. The van der Waals surface area contributed by atoms with Crippen LogP contribution in [0.1, 0.15) is 30.1 Å². The molecule has 22 heavy (non-hydrogen) atoms. The second-order valence-electron chi connectivity index (χ2n) is 5.11. The second kappa shape index (κ2) is 6.42. The molecule has 0 radical (unpaired) electrons. The highest BCUT2D eigenvalue weighted by Crippen LogP contribution is 2.21. The highest BCUT2D eigenvalue weighted by molar-refractivity contribution is 5.97. The van der Waals surface area contributed by atoms with E-state index in [0.717, 1.165) is 18.9 Å². The minimum Gasteiger partial charge on any atom is -0.449 e. The normalized spacial score (nSPS) is 15.4. The maximum Gasteiger partial charge on any atom is 0.341 e. The molecule has 0 bridgehead atoms. The molecule has 0 aromatic heterocycles. The molecule has 1 aliphatic heterocycles.